The van der Waals surface area contributed by atoms with Crippen LogP contribution in [0.4, 0.5) is 0 Å². The Balaban J connectivity index is 1.48. The summed E-state index contributed by atoms with van der Waals surface area (Å²) in [6, 6.07) is 22.1. The van der Waals surface area contributed by atoms with Crippen LogP contribution in [0.5, 0.6) is 11.5 Å². The summed E-state index contributed by atoms with van der Waals surface area (Å²) in [4.78, 5) is 12.8. The predicted octanol–water partition coefficient (Wildman–Crippen LogP) is 5.18. The van der Waals surface area contributed by atoms with E-state index in [-0.39, 0.29) is 11.2 Å². The van der Waals surface area contributed by atoms with E-state index in [1.807, 2.05) is 18.2 Å². The number of benzene rings is 3. The maximum Gasteiger partial charge on any atom is 0.200 e. The quantitative estimate of drug-likeness (QED) is 0.474. The lowest BCUT2D eigenvalue weighted by molar-refractivity contribution is 0.311. The van der Waals surface area contributed by atoms with Gasteiger partial charge in [-0.25, -0.2) is 0 Å². The number of fused-ring (bicyclic) bond motifs is 1. The fourth-order valence-electron chi connectivity index (χ4n) is 3.15. The van der Waals surface area contributed by atoms with Gasteiger partial charge in [0.05, 0.1) is 17.6 Å². The summed E-state index contributed by atoms with van der Waals surface area (Å²) in [6.07, 6.45) is 3.32. The molecule has 4 aromatic rings. The van der Waals surface area contributed by atoms with Gasteiger partial charge in [-0.05, 0) is 48.2 Å². The molecule has 1 N–H and O–H groups in total. The molecular formula is C24H20O4. The highest BCUT2D eigenvalue weighted by Gasteiger charge is 2.10. The van der Waals surface area contributed by atoms with Crippen LogP contribution in [0.15, 0.2) is 88.3 Å². The predicted molar refractivity (Wildman–Crippen MR) is 110 cm³/mol. The van der Waals surface area contributed by atoms with Gasteiger partial charge in [0.15, 0.2) is 5.43 Å². The summed E-state index contributed by atoms with van der Waals surface area (Å²) < 4.78 is 11.5. The Bertz CT molecular complexity index is 1130. The summed E-state index contributed by atoms with van der Waals surface area (Å²) in [6.45, 7) is 0.593. The van der Waals surface area contributed by atoms with Gasteiger partial charge in [0, 0.05) is 6.07 Å². The minimum atomic E-state index is -0.109. The number of aromatic hydroxyl groups is 1. The van der Waals surface area contributed by atoms with Gasteiger partial charge in [-0.15, -0.1) is 0 Å². The lowest BCUT2D eigenvalue weighted by Crippen LogP contribution is -2.05. The van der Waals surface area contributed by atoms with Crippen molar-refractivity contribution in [2.24, 2.45) is 0 Å². The molecule has 0 fully saturated rings. The van der Waals surface area contributed by atoms with Gasteiger partial charge < -0.3 is 14.3 Å². The minimum absolute atomic E-state index is 0.109. The van der Waals surface area contributed by atoms with Gasteiger partial charge >= 0.3 is 0 Å². The molecule has 0 spiro atoms. The number of hydrogen-bond acceptors (Lipinski definition) is 4. The van der Waals surface area contributed by atoms with Crippen LogP contribution >= 0.6 is 0 Å². The standard InChI is InChI=1S/C24H20O4/c25-19-10-8-18(9-11-19)22-16-28-23-15-20(12-13-21(23)24(22)26)27-14-4-7-17-5-2-1-3-6-17/h1-3,5-6,8-13,15-16,25H,4,7,14H2. The van der Waals surface area contributed by atoms with Crippen LogP contribution in [-0.2, 0) is 6.42 Å². The first-order chi connectivity index (χ1) is 13.7. The summed E-state index contributed by atoms with van der Waals surface area (Å²) in [5.74, 6) is 0.837. The number of phenols is 1. The van der Waals surface area contributed by atoms with Gasteiger partial charge in [-0.3, -0.25) is 4.79 Å². The van der Waals surface area contributed by atoms with Crippen molar-refractivity contribution in [2.45, 2.75) is 12.8 Å². The third kappa shape index (κ3) is 3.91. The number of aryl methyl sites for hydroxylation is 1. The molecule has 0 aliphatic rings. The summed E-state index contributed by atoms with van der Waals surface area (Å²) in [5, 5.41) is 9.92. The Morgan fingerprint density at radius 2 is 1.71 bits per heavy atom. The second-order valence-electron chi connectivity index (χ2n) is 6.62. The highest BCUT2D eigenvalue weighted by molar-refractivity contribution is 5.82. The number of hydrogen-bond donors (Lipinski definition) is 1. The molecule has 0 aliphatic carbocycles. The smallest absolute Gasteiger partial charge is 0.200 e. The molecule has 4 rings (SSSR count). The number of phenolic OH excluding ortho intramolecular Hbond substituents is 1. The Kier molecular flexibility index (Phi) is 5.11. The van der Waals surface area contributed by atoms with E-state index in [0.717, 1.165) is 12.8 Å². The summed E-state index contributed by atoms with van der Waals surface area (Å²) in [5.41, 5.74) is 2.84. The van der Waals surface area contributed by atoms with Gasteiger partial charge in [0.2, 0.25) is 0 Å². The Morgan fingerprint density at radius 1 is 0.929 bits per heavy atom. The van der Waals surface area contributed by atoms with Gasteiger partial charge in [-0.1, -0.05) is 42.5 Å². The third-order valence-electron chi connectivity index (χ3n) is 4.65. The molecule has 4 heteroatoms. The molecule has 0 amide bonds. The van der Waals surface area contributed by atoms with Crippen molar-refractivity contribution in [3.8, 4) is 22.6 Å². The maximum atomic E-state index is 12.8. The second-order valence-corrected chi connectivity index (χ2v) is 6.62. The van der Waals surface area contributed by atoms with Crippen LogP contribution < -0.4 is 10.2 Å². The minimum Gasteiger partial charge on any atom is -0.508 e. The van der Waals surface area contributed by atoms with Crippen LogP contribution in [0.1, 0.15) is 12.0 Å². The van der Waals surface area contributed by atoms with Crippen LogP contribution in [0.3, 0.4) is 0 Å². The van der Waals surface area contributed by atoms with E-state index in [1.165, 1.54) is 11.8 Å². The van der Waals surface area contributed by atoms with Crippen molar-refractivity contribution in [1.82, 2.24) is 0 Å². The first-order valence-electron chi connectivity index (χ1n) is 9.22. The number of rotatable bonds is 6. The summed E-state index contributed by atoms with van der Waals surface area (Å²) >= 11 is 0. The Morgan fingerprint density at radius 3 is 2.50 bits per heavy atom. The molecule has 0 aliphatic heterocycles. The lowest BCUT2D eigenvalue weighted by atomic mass is 10.1. The third-order valence-corrected chi connectivity index (χ3v) is 4.65. The zero-order valence-electron chi connectivity index (χ0n) is 15.3. The molecule has 140 valence electrons. The van der Waals surface area contributed by atoms with Gasteiger partial charge in [-0.2, -0.15) is 0 Å². The first-order valence-corrected chi connectivity index (χ1v) is 9.22. The first kappa shape index (κ1) is 17.9. The molecule has 0 bridgehead atoms. The largest absolute Gasteiger partial charge is 0.508 e. The molecule has 0 saturated heterocycles. The summed E-state index contributed by atoms with van der Waals surface area (Å²) in [7, 11) is 0. The molecule has 28 heavy (non-hydrogen) atoms. The molecular weight excluding hydrogens is 352 g/mol. The Labute approximate surface area is 162 Å². The van der Waals surface area contributed by atoms with Crippen molar-refractivity contribution in [1.29, 1.82) is 0 Å². The molecule has 0 saturated carbocycles. The fourth-order valence-corrected chi connectivity index (χ4v) is 3.15. The molecule has 1 heterocycles. The van der Waals surface area contributed by atoms with Crippen molar-refractivity contribution in [3.05, 3.63) is 94.8 Å². The molecule has 3 aromatic carbocycles. The molecule has 4 nitrogen and oxygen atoms in total. The SMILES string of the molecule is O=c1c(-c2ccc(O)cc2)coc2cc(OCCCc3ccccc3)ccc12. The Hall–Kier alpha value is -3.53. The van der Waals surface area contributed by atoms with E-state index in [9.17, 15) is 9.90 Å². The molecule has 0 atom stereocenters. The van der Waals surface area contributed by atoms with E-state index in [1.54, 1.807) is 42.5 Å². The second kappa shape index (κ2) is 8.01. The van der Waals surface area contributed by atoms with E-state index >= 15 is 0 Å². The lowest BCUT2D eigenvalue weighted by Gasteiger charge is -2.08. The van der Waals surface area contributed by atoms with Crippen LogP contribution in [0, 0.1) is 0 Å². The van der Waals surface area contributed by atoms with Crippen molar-refractivity contribution < 1.29 is 14.3 Å². The van der Waals surface area contributed by atoms with E-state index in [0.29, 0.717) is 34.5 Å². The van der Waals surface area contributed by atoms with E-state index in [4.69, 9.17) is 9.15 Å². The number of ether oxygens (including phenoxy) is 1. The normalized spacial score (nSPS) is 10.9. The van der Waals surface area contributed by atoms with E-state index < -0.39 is 0 Å². The van der Waals surface area contributed by atoms with Gasteiger partial charge in [0.1, 0.15) is 23.3 Å². The molecule has 1 aromatic heterocycles. The average Bonchev–Trinajstić information content (AvgIpc) is 2.73. The van der Waals surface area contributed by atoms with Crippen LogP contribution in [0.25, 0.3) is 22.1 Å². The fraction of sp³-hybridized carbons (Fsp3) is 0.125. The van der Waals surface area contributed by atoms with Crippen molar-refractivity contribution in [2.75, 3.05) is 6.61 Å². The zero-order chi connectivity index (χ0) is 19.3. The van der Waals surface area contributed by atoms with Crippen molar-refractivity contribution in [3.63, 3.8) is 0 Å². The molecule has 0 radical (unpaired) electrons. The topological polar surface area (TPSA) is 59.7 Å². The monoisotopic (exact) mass is 372 g/mol. The van der Waals surface area contributed by atoms with Crippen molar-refractivity contribution >= 4 is 11.0 Å². The van der Waals surface area contributed by atoms with Crippen LogP contribution in [0.2, 0.25) is 0 Å². The van der Waals surface area contributed by atoms with Gasteiger partial charge in [0.25, 0.3) is 0 Å². The van der Waals surface area contributed by atoms with E-state index in [2.05, 4.69) is 12.1 Å². The highest BCUT2D eigenvalue weighted by Crippen LogP contribution is 2.24. The maximum absolute atomic E-state index is 12.8. The average molecular weight is 372 g/mol. The molecule has 0 unspecified atom stereocenters. The van der Waals surface area contributed by atoms with Crippen LogP contribution in [-0.4, -0.2) is 11.7 Å². The zero-order valence-corrected chi connectivity index (χ0v) is 15.3. The highest BCUT2D eigenvalue weighted by atomic mass is 16.5.